The van der Waals surface area contributed by atoms with Crippen molar-refractivity contribution < 1.29 is 14.0 Å². The molecule has 1 atom stereocenters. The number of carbonyl (C=O) groups excluding carboxylic acids is 2. The van der Waals surface area contributed by atoms with Crippen molar-refractivity contribution in [2.45, 2.75) is 19.1 Å². The number of nitrogens with zero attached hydrogens (tertiary/aromatic N) is 4. The van der Waals surface area contributed by atoms with Crippen molar-refractivity contribution in [1.29, 1.82) is 0 Å². The van der Waals surface area contributed by atoms with Gasteiger partial charge in [-0.1, -0.05) is 60.7 Å². The van der Waals surface area contributed by atoms with Crippen LogP contribution in [0.2, 0.25) is 0 Å². The molecule has 4 aromatic rings. The molecule has 0 saturated carbocycles. The molecule has 1 aromatic heterocycles. The summed E-state index contributed by atoms with van der Waals surface area (Å²) >= 11 is 1.36. The van der Waals surface area contributed by atoms with Gasteiger partial charge in [-0.05, 0) is 51.2 Å². The number of benzene rings is 3. The van der Waals surface area contributed by atoms with Crippen LogP contribution in [0, 0.1) is 19.7 Å². The zero-order valence-electron chi connectivity index (χ0n) is 23.7. The van der Waals surface area contributed by atoms with E-state index in [1.54, 1.807) is 22.9 Å². The molecule has 9 heteroatoms. The fraction of sp³-hybridized carbons (Fsp3) is 0.281. The average Bonchev–Trinajstić information content (AvgIpc) is 3.28. The summed E-state index contributed by atoms with van der Waals surface area (Å²) in [5.41, 5.74) is 5.55. The molecule has 1 aliphatic heterocycles. The van der Waals surface area contributed by atoms with E-state index in [1.807, 2.05) is 81.4 Å². The summed E-state index contributed by atoms with van der Waals surface area (Å²) in [5, 5.41) is 7.52. The van der Waals surface area contributed by atoms with E-state index >= 15 is 4.39 Å². The molecular formula is C32H34FN5O2S. The Labute approximate surface area is 244 Å². The Morgan fingerprint density at radius 3 is 2.51 bits per heavy atom. The van der Waals surface area contributed by atoms with Crippen LogP contribution >= 0.6 is 11.8 Å². The van der Waals surface area contributed by atoms with Gasteiger partial charge in [-0.25, -0.2) is 9.07 Å². The summed E-state index contributed by atoms with van der Waals surface area (Å²) in [6.07, 6.45) is 0. The van der Waals surface area contributed by atoms with Crippen LogP contribution < -0.4 is 10.2 Å². The van der Waals surface area contributed by atoms with Crippen molar-refractivity contribution in [1.82, 2.24) is 20.0 Å². The van der Waals surface area contributed by atoms with Crippen molar-refractivity contribution in [3.05, 3.63) is 101 Å². The van der Waals surface area contributed by atoms with Gasteiger partial charge in [0.1, 0.15) is 18.2 Å². The maximum absolute atomic E-state index is 15.4. The van der Waals surface area contributed by atoms with Gasteiger partial charge in [0.2, 0.25) is 11.8 Å². The minimum atomic E-state index is -0.522. The minimum Gasteiger partial charge on any atom is -0.353 e. The second kappa shape index (κ2) is 12.3. The zero-order valence-corrected chi connectivity index (χ0v) is 24.5. The first-order chi connectivity index (χ1) is 19.8. The van der Waals surface area contributed by atoms with Crippen molar-refractivity contribution in [3.8, 4) is 16.9 Å². The lowest BCUT2D eigenvalue weighted by Gasteiger charge is -2.24. The molecular weight excluding hydrogens is 537 g/mol. The molecule has 3 aromatic carbocycles. The highest BCUT2D eigenvalue weighted by Gasteiger charge is 2.38. The van der Waals surface area contributed by atoms with Gasteiger partial charge in [0, 0.05) is 29.8 Å². The highest BCUT2D eigenvalue weighted by molar-refractivity contribution is 8.00. The quantitative estimate of drug-likeness (QED) is 0.317. The first-order valence-electron chi connectivity index (χ1n) is 13.6. The van der Waals surface area contributed by atoms with E-state index < -0.39 is 5.25 Å². The fourth-order valence-corrected chi connectivity index (χ4v) is 6.23. The Balaban J connectivity index is 1.76. The largest absolute Gasteiger partial charge is 0.353 e. The fourth-order valence-electron chi connectivity index (χ4n) is 5.01. The normalized spacial score (nSPS) is 15.1. The number of aromatic nitrogens is 2. The second-order valence-electron chi connectivity index (χ2n) is 10.4. The Morgan fingerprint density at radius 2 is 1.78 bits per heavy atom. The summed E-state index contributed by atoms with van der Waals surface area (Å²) in [6, 6.07) is 22.3. The number of rotatable bonds is 8. The van der Waals surface area contributed by atoms with Gasteiger partial charge in [-0.15, -0.1) is 11.8 Å². The SMILES string of the molecule is Cc1cccc(-n2nc(-c3ccccc3)c3c2N(CC(=O)NCCN(C)C)C(=O)CS[C@@H]3c2ccccc2F)c1C. The molecule has 0 fully saturated rings. The van der Waals surface area contributed by atoms with Gasteiger partial charge >= 0.3 is 0 Å². The van der Waals surface area contributed by atoms with Crippen LogP contribution in [-0.4, -0.2) is 66.0 Å². The van der Waals surface area contributed by atoms with E-state index in [2.05, 4.69) is 5.32 Å². The van der Waals surface area contributed by atoms with Crippen LogP contribution in [-0.2, 0) is 9.59 Å². The van der Waals surface area contributed by atoms with Gasteiger partial charge < -0.3 is 10.2 Å². The molecule has 1 N–H and O–H groups in total. The lowest BCUT2D eigenvalue weighted by atomic mass is 9.99. The molecule has 2 heterocycles. The van der Waals surface area contributed by atoms with Gasteiger partial charge in [-0.3, -0.25) is 14.5 Å². The Kier molecular flexibility index (Phi) is 8.56. The number of nitrogens with one attached hydrogen (secondary N) is 1. The molecule has 0 unspecified atom stereocenters. The van der Waals surface area contributed by atoms with Crippen LogP contribution in [0.5, 0.6) is 0 Å². The molecule has 1 aliphatic rings. The monoisotopic (exact) mass is 571 g/mol. The molecule has 0 saturated heterocycles. The second-order valence-corrected chi connectivity index (χ2v) is 11.5. The predicted molar refractivity (Wildman–Crippen MR) is 163 cm³/mol. The average molecular weight is 572 g/mol. The van der Waals surface area contributed by atoms with Crippen LogP contribution in [0.1, 0.15) is 27.5 Å². The van der Waals surface area contributed by atoms with Crippen molar-refractivity contribution in [2.75, 3.05) is 44.4 Å². The summed E-state index contributed by atoms with van der Waals surface area (Å²) in [4.78, 5) is 30.5. The number of anilines is 1. The van der Waals surface area contributed by atoms with E-state index in [-0.39, 0.29) is 29.9 Å². The molecule has 0 spiro atoms. The Hall–Kier alpha value is -3.95. The molecule has 0 aliphatic carbocycles. The highest BCUT2D eigenvalue weighted by atomic mass is 32.2. The molecule has 0 bridgehead atoms. The number of aryl methyl sites for hydroxylation is 1. The van der Waals surface area contributed by atoms with Gasteiger partial charge in [0.05, 0.1) is 22.4 Å². The van der Waals surface area contributed by atoms with E-state index in [0.29, 0.717) is 35.7 Å². The molecule has 41 heavy (non-hydrogen) atoms. The number of carbonyl (C=O) groups is 2. The number of hydrogen-bond donors (Lipinski definition) is 1. The van der Waals surface area contributed by atoms with Crippen LogP contribution in [0.3, 0.4) is 0 Å². The summed E-state index contributed by atoms with van der Waals surface area (Å²) in [5.74, 6) is -0.278. The minimum absolute atomic E-state index is 0.0830. The maximum Gasteiger partial charge on any atom is 0.240 e. The van der Waals surface area contributed by atoms with Gasteiger partial charge in [0.25, 0.3) is 0 Å². The number of likely N-dealkylation sites (N-methyl/N-ethyl adjacent to an activating group) is 1. The van der Waals surface area contributed by atoms with E-state index in [9.17, 15) is 9.59 Å². The van der Waals surface area contributed by atoms with Crippen LogP contribution in [0.4, 0.5) is 10.2 Å². The van der Waals surface area contributed by atoms with E-state index in [1.165, 1.54) is 22.7 Å². The molecule has 2 amide bonds. The third kappa shape index (κ3) is 5.92. The van der Waals surface area contributed by atoms with Crippen molar-refractivity contribution in [3.63, 3.8) is 0 Å². The highest BCUT2D eigenvalue weighted by Crippen LogP contribution is 2.49. The van der Waals surface area contributed by atoms with Crippen LogP contribution in [0.15, 0.2) is 72.8 Å². The summed E-state index contributed by atoms with van der Waals surface area (Å²) < 4.78 is 17.2. The summed E-state index contributed by atoms with van der Waals surface area (Å²) in [6.45, 7) is 5.00. The molecule has 0 radical (unpaired) electrons. The lowest BCUT2D eigenvalue weighted by Crippen LogP contribution is -2.43. The third-order valence-corrected chi connectivity index (χ3v) is 8.55. The zero-order chi connectivity index (χ0) is 29.1. The lowest BCUT2D eigenvalue weighted by molar-refractivity contribution is -0.122. The first-order valence-corrected chi connectivity index (χ1v) is 14.6. The third-order valence-electron chi connectivity index (χ3n) is 7.31. The topological polar surface area (TPSA) is 70.5 Å². The number of amides is 2. The summed E-state index contributed by atoms with van der Waals surface area (Å²) in [7, 11) is 3.87. The maximum atomic E-state index is 15.4. The van der Waals surface area contributed by atoms with Crippen molar-refractivity contribution >= 4 is 29.4 Å². The number of thioether (sulfide) groups is 1. The van der Waals surface area contributed by atoms with E-state index in [0.717, 1.165) is 22.4 Å². The van der Waals surface area contributed by atoms with Gasteiger partial charge in [0.15, 0.2) is 0 Å². The van der Waals surface area contributed by atoms with Crippen molar-refractivity contribution in [2.24, 2.45) is 0 Å². The van der Waals surface area contributed by atoms with Gasteiger partial charge in [-0.2, -0.15) is 5.10 Å². The first kappa shape index (κ1) is 28.6. The Bertz CT molecular complexity index is 1570. The van der Waals surface area contributed by atoms with Crippen LogP contribution in [0.25, 0.3) is 16.9 Å². The molecule has 7 nitrogen and oxygen atoms in total. The number of fused-ring (bicyclic) bond motifs is 1. The standard InChI is InChI=1S/C32H34FN5O2S/c1-21-11-10-16-26(22(21)2)38-32-29(30(35-38)23-12-6-5-7-13-23)31(24-14-8-9-15-25(24)33)41-20-28(40)37(32)19-27(39)34-17-18-36(3)4/h5-16,31H,17-20H2,1-4H3,(H,34,39)/t31-/m1/s1. The number of halogens is 1. The molecule has 5 rings (SSSR count). The van der Waals surface area contributed by atoms with E-state index in [4.69, 9.17) is 5.10 Å². The predicted octanol–water partition coefficient (Wildman–Crippen LogP) is 5.14. The Morgan fingerprint density at radius 1 is 1.05 bits per heavy atom. The molecule has 212 valence electrons. The smallest absolute Gasteiger partial charge is 0.240 e. The number of hydrogen-bond acceptors (Lipinski definition) is 5.